The van der Waals surface area contributed by atoms with E-state index in [1.54, 1.807) is 12.1 Å². The molecule has 1 saturated heterocycles. The van der Waals surface area contributed by atoms with E-state index >= 15 is 0 Å². The first-order valence-electron chi connectivity index (χ1n) is 9.72. The van der Waals surface area contributed by atoms with Crippen LogP contribution >= 0.6 is 0 Å². The van der Waals surface area contributed by atoms with Crippen LogP contribution in [0.5, 0.6) is 0 Å². The van der Waals surface area contributed by atoms with Crippen LogP contribution in [0.25, 0.3) is 10.8 Å². The molecule has 6 nitrogen and oxygen atoms in total. The summed E-state index contributed by atoms with van der Waals surface area (Å²) in [5.41, 5.74) is 0. The molecule has 1 aliphatic rings. The number of nitrogens with one attached hydrogen (secondary N) is 1. The highest BCUT2D eigenvalue weighted by atomic mass is 32.2. The molecule has 0 bridgehead atoms. The third kappa shape index (κ3) is 4.54. The van der Waals surface area contributed by atoms with E-state index in [1.807, 2.05) is 44.4 Å². The third-order valence-corrected chi connectivity index (χ3v) is 7.04. The van der Waals surface area contributed by atoms with E-state index in [1.165, 1.54) is 4.31 Å². The number of carbonyl (C=O) groups excluding carboxylic acids is 1. The maximum Gasteiger partial charge on any atom is 0.243 e. The fourth-order valence-electron chi connectivity index (χ4n) is 3.83. The minimum absolute atomic E-state index is 0.201. The molecule has 7 heteroatoms. The molecule has 1 aliphatic heterocycles. The largest absolute Gasteiger partial charge is 0.354 e. The Bertz CT molecular complexity index is 943. The highest BCUT2D eigenvalue weighted by Gasteiger charge is 2.39. The summed E-state index contributed by atoms with van der Waals surface area (Å²) in [6.07, 6.45) is 1.25. The molecular weight excluding hydrogens is 374 g/mol. The summed E-state index contributed by atoms with van der Waals surface area (Å²) in [6.45, 7) is 3.85. The van der Waals surface area contributed by atoms with Crippen molar-refractivity contribution in [3.8, 4) is 0 Å². The molecular formula is C21H29N3O3S. The number of carbonyl (C=O) groups is 1. The van der Waals surface area contributed by atoms with Gasteiger partial charge in [-0.15, -0.1) is 0 Å². The fraction of sp³-hybridized carbons (Fsp3) is 0.476. The van der Waals surface area contributed by atoms with Gasteiger partial charge in [0.15, 0.2) is 0 Å². The number of rotatable bonds is 7. The van der Waals surface area contributed by atoms with E-state index in [0.717, 1.165) is 17.3 Å². The Kier molecular flexibility index (Phi) is 6.37. The zero-order valence-electron chi connectivity index (χ0n) is 16.8. The van der Waals surface area contributed by atoms with Crippen molar-refractivity contribution in [2.75, 3.05) is 33.7 Å². The summed E-state index contributed by atoms with van der Waals surface area (Å²) in [6, 6.07) is 12.2. The zero-order chi connectivity index (χ0) is 20.3. The van der Waals surface area contributed by atoms with Crippen molar-refractivity contribution in [1.29, 1.82) is 0 Å². The molecule has 0 radical (unpaired) electrons. The third-order valence-electron chi connectivity index (χ3n) is 5.14. The predicted molar refractivity (Wildman–Crippen MR) is 112 cm³/mol. The molecule has 2 atom stereocenters. The Labute approximate surface area is 167 Å². The molecule has 0 saturated carbocycles. The van der Waals surface area contributed by atoms with Crippen molar-refractivity contribution < 1.29 is 13.2 Å². The molecule has 0 aliphatic carbocycles. The van der Waals surface area contributed by atoms with Gasteiger partial charge in [0.05, 0.1) is 4.90 Å². The topological polar surface area (TPSA) is 69.7 Å². The van der Waals surface area contributed by atoms with Crippen LogP contribution in [0.2, 0.25) is 0 Å². The SMILES string of the molecule is C[C@@H](CNC(=O)[C@@H]1CCCN1S(=O)(=O)c1ccc2ccccc2c1)CN(C)C. The van der Waals surface area contributed by atoms with Crippen LogP contribution in [0.3, 0.4) is 0 Å². The van der Waals surface area contributed by atoms with Gasteiger partial charge in [0.2, 0.25) is 15.9 Å². The van der Waals surface area contributed by atoms with E-state index < -0.39 is 16.1 Å². The first-order valence-corrected chi connectivity index (χ1v) is 11.2. The van der Waals surface area contributed by atoms with Crippen molar-refractivity contribution in [1.82, 2.24) is 14.5 Å². The molecule has 28 heavy (non-hydrogen) atoms. The molecule has 2 aromatic carbocycles. The predicted octanol–water partition coefficient (Wildman–Crippen LogP) is 2.31. The lowest BCUT2D eigenvalue weighted by Gasteiger charge is -2.24. The maximum absolute atomic E-state index is 13.2. The van der Waals surface area contributed by atoms with Crippen LogP contribution in [0.1, 0.15) is 19.8 Å². The van der Waals surface area contributed by atoms with E-state index in [2.05, 4.69) is 17.1 Å². The van der Waals surface area contributed by atoms with Gasteiger partial charge in [0.25, 0.3) is 0 Å². The Balaban J connectivity index is 1.75. The average Bonchev–Trinajstić information content (AvgIpc) is 3.16. The molecule has 1 fully saturated rings. The quantitative estimate of drug-likeness (QED) is 0.770. The van der Waals surface area contributed by atoms with Crippen molar-refractivity contribution in [3.63, 3.8) is 0 Å². The van der Waals surface area contributed by atoms with Gasteiger partial charge in [0, 0.05) is 19.6 Å². The van der Waals surface area contributed by atoms with Crippen molar-refractivity contribution in [2.24, 2.45) is 5.92 Å². The monoisotopic (exact) mass is 403 g/mol. The van der Waals surface area contributed by atoms with Crippen LogP contribution in [0.4, 0.5) is 0 Å². The lowest BCUT2D eigenvalue weighted by Crippen LogP contribution is -2.47. The first kappa shape index (κ1) is 20.8. The second-order valence-electron chi connectivity index (χ2n) is 7.90. The Hall–Kier alpha value is -1.96. The Morgan fingerprint density at radius 1 is 1.21 bits per heavy atom. The van der Waals surface area contributed by atoms with Crippen LogP contribution in [-0.2, 0) is 14.8 Å². The smallest absolute Gasteiger partial charge is 0.243 e. The Morgan fingerprint density at radius 3 is 2.64 bits per heavy atom. The number of fused-ring (bicyclic) bond motifs is 1. The molecule has 3 rings (SSSR count). The molecule has 152 valence electrons. The molecule has 1 N–H and O–H groups in total. The van der Waals surface area contributed by atoms with Crippen molar-refractivity contribution in [2.45, 2.75) is 30.7 Å². The van der Waals surface area contributed by atoms with E-state index in [0.29, 0.717) is 31.8 Å². The van der Waals surface area contributed by atoms with Crippen LogP contribution in [0.15, 0.2) is 47.4 Å². The zero-order valence-corrected chi connectivity index (χ0v) is 17.6. The molecule has 0 spiro atoms. The first-order chi connectivity index (χ1) is 13.3. The standard InChI is InChI=1S/C21H29N3O3S/c1-16(15-23(2)3)14-22-21(25)20-9-6-12-24(20)28(26,27)19-11-10-17-7-4-5-8-18(17)13-19/h4-5,7-8,10-11,13,16,20H,6,9,12,14-15H2,1-3H3,(H,22,25)/t16-,20-/m0/s1. The highest BCUT2D eigenvalue weighted by Crippen LogP contribution is 2.28. The summed E-state index contributed by atoms with van der Waals surface area (Å²) in [7, 11) is 0.269. The normalized spacial score (nSPS) is 19.2. The minimum Gasteiger partial charge on any atom is -0.354 e. The lowest BCUT2D eigenvalue weighted by atomic mass is 10.1. The average molecular weight is 404 g/mol. The number of amides is 1. The number of hydrogen-bond donors (Lipinski definition) is 1. The molecule has 1 amide bonds. The van der Waals surface area contributed by atoms with Gasteiger partial charge in [0.1, 0.15) is 6.04 Å². The minimum atomic E-state index is -3.72. The van der Waals surface area contributed by atoms with E-state index in [4.69, 9.17) is 0 Å². The summed E-state index contributed by atoms with van der Waals surface area (Å²) < 4.78 is 27.8. The van der Waals surface area contributed by atoms with Crippen LogP contribution in [-0.4, -0.2) is 63.3 Å². The second kappa shape index (κ2) is 8.59. The number of nitrogens with zero attached hydrogens (tertiary/aromatic N) is 2. The van der Waals surface area contributed by atoms with E-state index in [9.17, 15) is 13.2 Å². The number of sulfonamides is 1. The van der Waals surface area contributed by atoms with Crippen molar-refractivity contribution >= 4 is 26.7 Å². The second-order valence-corrected chi connectivity index (χ2v) is 9.79. The van der Waals surface area contributed by atoms with Crippen LogP contribution < -0.4 is 5.32 Å². The fourth-order valence-corrected chi connectivity index (χ4v) is 5.53. The molecule has 0 aromatic heterocycles. The van der Waals surface area contributed by atoms with Gasteiger partial charge in [-0.05, 0) is 55.8 Å². The highest BCUT2D eigenvalue weighted by molar-refractivity contribution is 7.89. The number of benzene rings is 2. The Morgan fingerprint density at radius 2 is 1.93 bits per heavy atom. The van der Waals surface area contributed by atoms with Crippen LogP contribution in [0, 0.1) is 5.92 Å². The number of hydrogen-bond acceptors (Lipinski definition) is 4. The molecule has 2 aromatic rings. The van der Waals surface area contributed by atoms with Gasteiger partial charge in [-0.2, -0.15) is 4.31 Å². The summed E-state index contributed by atoms with van der Waals surface area (Å²) in [5.74, 6) is 0.0957. The van der Waals surface area contributed by atoms with E-state index in [-0.39, 0.29) is 10.8 Å². The molecule has 0 unspecified atom stereocenters. The maximum atomic E-state index is 13.2. The molecule has 1 heterocycles. The van der Waals surface area contributed by atoms with Gasteiger partial charge in [-0.25, -0.2) is 8.42 Å². The summed E-state index contributed by atoms with van der Waals surface area (Å²) >= 11 is 0. The summed E-state index contributed by atoms with van der Waals surface area (Å²) in [5, 5.41) is 4.81. The van der Waals surface area contributed by atoms with Gasteiger partial charge < -0.3 is 10.2 Å². The van der Waals surface area contributed by atoms with Crippen molar-refractivity contribution in [3.05, 3.63) is 42.5 Å². The van der Waals surface area contributed by atoms with Gasteiger partial charge in [-0.1, -0.05) is 37.3 Å². The summed E-state index contributed by atoms with van der Waals surface area (Å²) in [4.78, 5) is 15.0. The lowest BCUT2D eigenvalue weighted by molar-refractivity contribution is -0.124. The van der Waals surface area contributed by atoms with Gasteiger partial charge >= 0.3 is 0 Å². The van der Waals surface area contributed by atoms with Gasteiger partial charge in [-0.3, -0.25) is 4.79 Å².